The first kappa shape index (κ1) is 13.1. The number of aliphatic hydroxyl groups is 3. The first-order valence-electron chi connectivity index (χ1n) is 6.63. The van der Waals surface area contributed by atoms with Crippen LogP contribution in [-0.2, 0) is 0 Å². The third kappa shape index (κ3) is 1.85. The molecule has 3 heteroatoms. The second-order valence-electron chi connectivity index (χ2n) is 6.00. The van der Waals surface area contributed by atoms with Gasteiger partial charge < -0.3 is 15.3 Å². The molecular weight excluding hydrogens is 216 g/mol. The molecule has 0 spiro atoms. The van der Waals surface area contributed by atoms with Crippen LogP contribution in [0.15, 0.2) is 12.2 Å². The van der Waals surface area contributed by atoms with Crippen LogP contribution in [0.2, 0.25) is 0 Å². The summed E-state index contributed by atoms with van der Waals surface area (Å²) in [6.07, 6.45) is 1.66. The Bertz CT molecular complexity index is 309. The lowest BCUT2D eigenvalue weighted by atomic mass is 9.55. The number of aliphatic hydroxyl groups excluding tert-OH is 2. The second kappa shape index (κ2) is 4.38. The SMILES string of the molecule is C=C(C)[C@@H]1CC[C@@H](C)[C@@]2(O)[C@H]1[C@H](O)CC[C@H]2O. The summed E-state index contributed by atoms with van der Waals surface area (Å²) < 4.78 is 0. The minimum Gasteiger partial charge on any atom is -0.393 e. The van der Waals surface area contributed by atoms with Crippen molar-refractivity contribution < 1.29 is 15.3 Å². The highest BCUT2D eigenvalue weighted by Crippen LogP contribution is 2.51. The molecular formula is C14H24O3. The van der Waals surface area contributed by atoms with E-state index in [9.17, 15) is 15.3 Å². The zero-order valence-electron chi connectivity index (χ0n) is 10.8. The second-order valence-corrected chi connectivity index (χ2v) is 6.00. The Balaban J connectivity index is 2.38. The van der Waals surface area contributed by atoms with Crippen LogP contribution in [-0.4, -0.2) is 33.1 Å². The van der Waals surface area contributed by atoms with E-state index in [-0.39, 0.29) is 17.8 Å². The van der Waals surface area contributed by atoms with Gasteiger partial charge in [0.05, 0.1) is 17.8 Å². The van der Waals surface area contributed by atoms with Crippen molar-refractivity contribution in [2.24, 2.45) is 17.8 Å². The Morgan fingerprint density at radius 3 is 2.41 bits per heavy atom. The minimum atomic E-state index is -1.14. The van der Waals surface area contributed by atoms with Crippen molar-refractivity contribution in [2.45, 2.75) is 57.3 Å². The van der Waals surface area contributed by atoms with Gasteiger partial charge in [-0.1, -0.05) is 19.1 Å². The van der Waals surface area contributed by atoms with Crippen molar-refractivity contribution in [3.8, 4) is 0 Å². The van der Waals surface area contributed by atoms with Gasteiger partial charge in [0.15, 0.2) is 0 Å². The fourth-order valence-electron chi connectivity index (χ4n) is 3.91. The molecule has 98 valence electrons. The highest BCUT2D eigenvalue weighted by Gasteiger charge is 2.57. The van der Waals surface area contributed by atoms with Crippen LogP contribution in [0.25, 0.3) is 0 Å². The quantitative estimate of drug-likeness (QED) is 0.608. The summed E-state index contributed by atoms with van der Waals surface area (Å²) in [5.74, 6) is -0.0956. The van der Waals surface area contributed by atoms with Crippen LogP contribution in [0.3, 0.4) is 0 Å². The molecule has 0 bridgehead atoms. The number of hydrogen-bond donors (Lipinski definition) is 3. The van der Waals surface area contributed by atoms with Crippen molar-refractivity contribution in [2.75, 3.05) is 0 Å². The topological polar surface area (TPSA) is 60.7 Å². The van der Waals surface area contributed by atoms with Gasteiger partial charge in [-0.2, -0.15) is 0 Å². The van der Waals surface area contributed by atoms with Crippen molar-refractivity contribution >= 4 is 0 Å². The molecule has 0 aliphatic heterocycles. The summed E-state index contributed by atoms with van der Waals surface area (Å²) in [7, 11) is 0. The fourth-order valence-corrected chi connectivity index (χ4v) is 3.91. The highest BCUT2D eigenvalue weighted by atomic mass is 16.3. The van der Waals surface area contributed by atoms with E-state index in [0.29, 0.717) is 12.8 Å². The maximum absolute atomic E-state index is 10.9. The lowest BCUT2D eigenvalue weighted by Gasteiger charge is -2.55. The Morgan fingerprint density at radius 2 is 1.82 bits per heavy atom. The first-order chi connectivity index (χ1) is 7.89. The van der Waals surface area contributed by atoms with Crippen molar-refractivity contribution in [3.63, 3.8) is 0 Å². The summed E-state index contributed by atoms with van der Waals surface area (Å²) >= 11 is 0. The number of allylic oxidation sites excluding steroid dienone is 1. The molecule has 0 aromatic carbocycles. The van der Waals surface area contributed by atoms with Gasteiger partial charge in [-0.25, -0.2) is 0 Å². The first-order valence-corrected chi connectivity index (χ1v) is 6.63. The zero-order valence-corrected chi connectivity index (χ0v) is 10.8. The minimum absolute atomic E-state index is 0.0352. The van der Waals surface area contributed by atoms with Crippen LogP contribution < -0.4 is 0 Å². The monoisotopic (exact) mass is 240 g/mol. The van der Waals surface area contributed by atoms with E-state index in [0.717, 1.165) is 18.4 Å². The summed E-state index contributed by atoms with van der Waals surface area (Å²) in [5, 5.41) is 31.2. The molecule has 2 aliphatic rings. The van der Waals surface area contributed by atoms with Crippen LogP contribution in [0.5, 0.6) is 0 Å². The number of rotatable bonds is 1. The van der Waals surface area contributed by atoms with Crippen LogP contribution >= 0.6 is 0 Å². The maximum Gasteiger partial charge on any atom is 0.0988 e. The van der Waals surface area contributed by atoms with Gasteiger partial charge in [-0.15, -0.1) is 0 Å². The molecule has 0 aromatic rings. The molecule has 3 nitrogen and oxygen atoms in total. The normalized spacial score (nSPS) is 50.8. The Morgan fingerprint density at radius 1 is 1.18 bits per heavy atom. The van der Waals surface area contributed by atoms with E-state index in [1.165, 1.54) is 0 Å². The molecule has 3 N–H and O–H groups in total. The zero-order chi connectivity index (χ0) is 12.8. The van der Waals surface area contributed by atoms with Crippen molar-refractivity contribution in [3.05, 3.63) is 12.2 Å². The molecule has 2 saturated carbocycles. The fraction of sp³-hybridized carbons (Fsp3) is 0.857. The molecule has 6 atom stereocenters. The van der Waals surface area contributed by atoms with E-state index < -0.39 is 17.8 Å². The van der Waals surface area contributed by atoms with Crippen LogP contribution in [0.1, 0.15) is 39.5 Å². The molecule has 0 radical (unpaired) electrons. The lowest BCUT2D eigenvalue weighted by Crippen LogP contribution is -2.64. The van der Waals surface area contributed by atoms with E-state index in [4.69, 9.17) is 0 Å². The van der Waals surface area contributed by atoms with Gasteiger partial charge >= 0.3 is 0 Å². The largest absolute Gasteiger partial charge is 0.393 e. The summed E-state index contributed by atoms with van der Waals surface area (Å²) in [6.45, 7) is 7.91. The lowest BCUT2D eigenvalue weighted by molar-refractivity contribution is -0.222. The van der Waals surface area contributed by atoms with Crippen molar-refractivity contribution in [1.82, 2.24) is 0 Å². The van der Waals surface area contributed by atoms with Gasteiger partial charge in [0.2, 0.25) is 0 Å². The molecule has 0 unspecified atom stereocenters. The Labute approximate surface area is 103 Å². The average molecular weight is 240 g/mol. The highest BCUT2D eigenvalue weighted by molar-refractivity contribution is 5.14. The van der Waals surface area contributed by atoms with Gasteiger partial charge in [0.1, 0.15) is 0 Å². The van der Waals surface area contributed by atoms with Gasteiger partial charge in [0, 0.05) is 5.92 Å². The standard InChI is InChI=1S/C14H24O3/c1-8(2)10-5-4-9(3)14(17)12(16)7-6-11(15)13(10)14/h9-13,15-17H,1,4-7H2,2-3H3/t9-,10+,11-,12-,13-,14+/m1/s1. The number of hydrogen-bond acceptors (Lipinski definition) is 3. The third-order valence-electron chi connectivity index (χ3n) is 4.98. The van der Waals surface area contributed by atoms with E-state index in [1.54, 1.807) is 0 Å². The number of fused-ring (bicyclic) bond motifs is 1. The predicted molar refractivity (Wildman–Crippen MR) is 66.4 cm³/mol. The summed E-state index contributed by atoms with van der Waals surface area (Å²) in [5.41, 5.74) is -0.132. The van der Waals surface area contributed by atoms with Crippen LogP contribution in [0.4, 0.5) is 0 Å². The predicted octanol–water partition coefficient (Wildman–Crippen LogP) is 1.47. The molecule has 0 heterocycles. The Hall–Kier alpha value is -0.380. The third-order valence-corrected chi connectivity index (χ3v) is 4.98. The molecule has 0 amide bonds. The van der Waals surface area contributed by atoms with E-state index >= 15 is 0 Å². The van der Waals surface area contributed by atoms with E-state index in [2.05, 4.69) is 6.58 Å². The molecule has 0 saturated heterocycles. The molecule has 17 heavy (non-hydrogen) atoms. The van der Waals surface area contributed by atoms with E-state index in [1.807, 2.05) is 13.8 Å². The maximum atomic E-state index is 10.9. The molecule has 2 rings (SSSR count). The van der Waals surface area contributed by atoms with Crippen LogP contribution in [0, 0.1) is 17.8 Å². The van der Waals surface area contributed by atoms with Crippen molar-refractivity contribution in [1.29, 1.82) is 0 Å². The Kier molecular flexibility index (Phi) is 3.36. The van der Waals surface area contributed by atoms with Gasteiger partial charge in [-0.05, 0) is 44.4 Å². The molecule has 2 aliphatic carbocycles. The van der Waals surface area contributed by atoms with Gasteiger partial charge in [0.25, 0.3) is 0 Å². The average Bonchev–Trinajstić information content (AvgIpc) is 2.26. The molecule has 0 aromatic heterocycles. The summed E-state index contributed by atoms with van der Waals surface area (Å²) in [4.78, 5) is 0. The van der Waals surface area contributed by atoms with Gasteiger partial charge in [-0.3, -0.25) is 0 Å². The smallest absolute Gasteiger partial charge is 0.0988 e. The summed E-state index contributed by atoms with van der Waals surface area (Å²) in [6, 6.07) is 0. The molecule has 2 fully saturated rings.